The molecule has 0 aromatic heterocycles. The van der Waals surface area contributed by atoms with Crippen molar-refractivity contribution in [2.45, 2.75) is 45.6 Å². The summed E-state index contributed by atoms with van der Waals surface area (Å²) in [7, 11) is 1.68. The minimum absolute atomic E-state index is 0.629. The van der Waals surface area contributed by atoms with Crippen LogP contribution in [0.5, 0.6) is 0 Å². The van der Waals surface area contributed by atoms with Crippen LogP contribution in [0.15, 0.2) is 0 Å². The fraction of sp³-hybridized carbons (Fsp3) is 1.00. The number of methoxy groups -OCH3 is 1. The van der Waals surface area contributed by atoms with Crippen LogP contribution in [0.3, 0.4) is 0 Å². The first kappa shape index (κ1) is 17.8. The largest absolute Gasteiger partial charge is 0.382 e. The molecule has 0 aliphatic heterocycles. The van der Waals surface area contributed by atoms with Crippen molar-refractivity contribution < 1.29 is 14.2 Å². The topological polar surface area (TPSA) is 39.7 Å². The molecule has 0 radical (unpaired) electrons. The van der Waals surface area contributed by atoms with Gasteiger partial charge in [-0.15, -0.1) is 0 Å². The van der Waals surface area contributed by atoms with E-state index in [1.54, 1.807) is 7.11 Å². The SMILES string of the molecule is CCNC(C)CCCCOCCCOCCOC. The van der Waals surface area contributed by atoms with Crippen LogP contribution in [-0.2, 0) is 14.2 Å². The number of hydrogen-bond acceptors (Lipinski definition) is 4. The minimum atomic E-state index is 0.629. The van der Waals surface area contributed by atoms with Crippen LogP contribution in [0.25, 0.3) is 0 Å². The predicted octanol–water partition coefficient (Wildman–Crippen LogP) is 2.22. The van der Waals surface area contributed by atoms with Crippen molar-refractivity contribution in [2.75, 3.05) is 46.7 Å². The van der Waals surface area contributed by atoms with Crippen molar-refractivity contribution in [3.63, 3.8) is 0 Å². The molecule has 0 rings (SSSR count). The number of rotatable bonds is 14. The Kier molecular flexibility index (Phi) is 14.8. The molecule has 0 bridgehead atoms. The van der Waals surface area contributed by atoms with Gasteiger partial charge in [-0.3, -0.25) is 0 Å². The zero-order valence-corrected chi connectivity index (χ0v) is 12.4. The Morgan fingerprint density at radius 1 is 0.889 bits per heavy atom. The normalized spacial score (nSPS) is 12.8. The Morgan fingerprint density at radius 3 is 2.22 bits per heavy atom. The maximum absolute atomic E-state index is 5.55. The zero-order valence-electron chi connectivity index (χ0n) is 12.4. The highest BCUT2D eigenvalue weighted by molar-refractivity contribution is 4.58. The summed E-state index contributed by atoms with van der Waals surface area (Å²) >= 11 is 0. The van der Waals surface area contributed by atoms with Crippen LogP contribution in [0, 0.1) is 0 Å². The third-order valence-electron chi connectivity index (χ3n) is 2.74. The van der Waals surface area contributed by atoms with E-state index in [9.17, 15) is 0 Å². The van der Waals surface area contributed by atoms with E-state index < -0.39 is 0 Å². The average molecular weight is 261 g/mol. The van der Waals surface area contributed by atoms with Gasteiger partial charge in [0.2, 0.25) is 0 Å². The summed E-state index contributed by atoms with van der Waals surface area (Å²) < 4.78 is 15.8. The monoisotopic (exact) mass is 261 g/mol. The Labute approximate surface area is 112 Å². The molecule has 1 unspecified atom stereocenters. The highest BCUT2D eigenvalue weighted by Gasteiger charge is 1.98. The van der Waals surface area contributed by atoms with Crippen LogP contribution in [0.4, 0.5) is 0 Å². The standard InChI is InChI=1S/C14H31NO3/c1-4-15-14(2)8-5-6-9-17-10-7-11-18-13-12-16-3/h14-15H,4-13H2,1-3H3. The van der Waals surface area contributed by atoms with Crippen molar-refractivity contribution in [1.82, 2.24) is 5.32 Å². The molecule has 1 atom stereocenters. The second kappa shape index (κ2) is 14.9. The molecule has 0 aliphatic rings. The summed E-state index contributed by atoms with van der Waals surface area (Å²) in [6.45, 7) is 9.23. The number of nitrogens with one attached hydrogen (secondary N) is 1. The quantitative estimate of drug-likeness (QED) is 0.487. The van der Waals surface area contributed by atoms with Crippen LogP contribution in [-0.4, -0.2) is 52.7 Å². The Bertz CT molecular complexity index is 156. The van der Waals surface area contributed by atoms with Gasteiger partial charge in [0.25, 0.3) is 0 Å². The van der Waals surface area contributed by atoms with Crippen molar-refractivity contribution in [1.29, 1.82) is 0 Å². The minimum Gasteiger partial charge on any atom is -0.382 e. The summed E-state index contributed by atoms with van der Waals surface area (Å²) in [4.78, 5) is 0. The lowest BCUT2D eigenvalue weighted by atomic mass is 10.1. The summed E-state index contributed by atoms with van der Waals surface area (Å²) in [5.41, 5.74) is 0. The van der Waals surface area contributed by atoms with Crippen LogP contribution < -0.4 is 5.32 Å². The number of ether oxygens (including phenoxy) is 3. The fourth-order valence-corrected chi connectivity index (χ4v) is 1.71. The Balaban J connectivity index is 2.98. The zero-order chi connectivity index (χ0) is 13.5. The maximum Gasteiger partial charge on any atom is 0.0700 e. The van der Waals surface area contributed by atoms with E-state index >= 15 is 0 Å². The van der Waals surface area contributed by atoms with E-state index in [-0.39, 0.29) is 0 Å². The van der Waals surface area contributed by atoms with Crippen LogP contribution in [0.2, 0.25) is 0 Å². The lowest BCUT2D eigenvalue weighted by molar-refractivity contribution is 0.0508. The highest BCUT2D eigenvalue weighted by Crippen LogP contribution is 2.00. The summed E-state index contributed by atoms with van der Waals surface area (Å²) in [5.74, 6) is 0. The Morgan fingerprint density at radius 2 is 1.56 bits per heavy atom. The first-order valence-corrected chi connectivity index (χ1v) is 7.19. The van der Waals surface area contributed by atoms with Gasteiger partial charge in [0.1, 0.15) is 0 Å². The molecule has 0 heterocycles. The number of unbranched alkanes of at least 4 members (excludes halogenated alkanes) is 1. The first-order valence-electron chi connectivity index (χ1n) is 7.19. The third-order valence-corrected chi connectivity index (χ3v) is 2.74. The molecule has 1 N–H and O–H groups in total. The van der Waals surface area contributed by atoms with Gasteiger partial charge < -0.3 is 19.5 Å². The van der Waals surface area contributed by atoms with Crippen LogP contribution >= 0.6 is 0 Å². The first-order chi connectivity index (χ1) is 8.81. The van der Waals surface area contributed by atoms with Gasteiger partial charge in [0, 0.05) is 33.0 Å². The Hall–Kier alpha value is -0.160. The third kappa shape index (κ3) is 13.9. The summed E-state index contributed by atoms with van der Waals surface area (Å²) in [6.07, 6.45) is 4.59. The molecule has 0 amide bonds. The van der Waals surface area contributed by atoms with E-state index in [0.717, 1.165) is 39.2 Å². The molecule has 0 saturated heterocycles. The van der Waals surface area contributed by atoms with Gasteiger partial charge in [-0.2, -0.15) is 0 Å². The molecule has 4 heteroatoms. The highest BCUT2D eigenvalue weighted by atomic mass is 16.5. The average Bonchev–Trinajstić information content (AvgIpc) is 2.36. The van der Waals surface area contributed by atoms with Crippen molar-refractivity contribution >= 4 is 0 Å². The molecule has 18 heavy (non-hydrogen) atoms. The molecular formula is C14H31NO3. The second-order valence-corrected chi connectivity index (χ2v) is 4.53. The molecule has 0 aromatic rings. The van der Waals surface area contributed by atoms with Gasteiger partial charge in [0.15, 0.2) is 0 Å². The van der Waals surface area contributed by atoms with Crippen molar-refractivity contribution in [3.05, 3.63) is 0 Å². The van der Waals surface area contributed by atoms with Crippen LogP contribution in [0.1, 0.15) is 39.5 Å². The van der Waals surface area contributed by atoms with Gasteiger partial charge >= 0.3 is 0 Å². The maximum atomic E-state index is 5.55. The van der Waals surface area contributed by atoms with E-state index in [4.69, 9.17) is 14.2 Å². The number of hydrogen-bond donors (Lipinski definition) is 1. The summed E-state index contributed by atoms with van der Waals surface area (Å²) in [5, 5.41) is 3.41. The lowest BCUT2D eigenvalue weighted by Gasteiger charge is -2.11. The lowest BCUT2D eigenvalue weighted by Crippen LogP contribution is -2.25. The van der Waals surface area contributed by atoms with Crippen molar-refractivity contribution in [3.8, 4) is 0 Å². The molecule has 0 aromatic carbocycles. The molecule has 0 saturated carbocycles. The molecule has 110 valence electrons. The predicted molar refractivity (Wildman–Crippen MR) is 75.1 cm³/mol. The second-order valence-electron chi connectivity index (χ2n) is 4.53. The van der Waals surface area contributed by atoms with Gasteiger partial charge in [-0.25, -0.2) is 0 Å². The van der Waals surface area contributed by atoms with E-state index in [0.29, 0.717) is 19.3 Å². The smallest absolute Gasteiger partial charge is 0.0700 e. The van der Waals surface area contributed by atoms with Gasteiger partial charge in [-0.05, 0) is 39.2 Å². The molecule has 4 nitrogen and oxygen atoms in total. The fourth-order valence-electron chi connectivity index (χ4n) is 1.71. The van der Waals surface area contributed by atoms with E-state index in [1.165, 1.54) is 12.8 Å². The summed E-state index contributed by atoms with van der Waals surface area (Å²) in [6, 6.07) is 0.629. The molecule has 0 spiro atoms. The van der Waals surface area contributed by atoms with Crippen molar-refractivity contribution in [2.24, 2.45) is 0 Å². The molecule has 0 aliphatic carbocycles. The van der Waals surface area contributed by atoms with E-state index in [2.05, 4.69) is 19.2 Å². The van der Waals surface area contributed by atoms with Gasteiger partial charge in [-0.1, -0.05) is 6.92 Å². The molecule has 0 fully saturated rings. The van der Waals surface area contributed by atoms with E-state index in [1.807, 2.05) is 0 Å². The van der Waals surface area contributed by atoms with Gasteiger partial charge in [0.05, 0.1) is 13.2 Å². The molecular weight excluding hydrogens is 230 g/mol.